The summed E-state index contributed by atoms with van der Waals surface area (Å²) in [6.45, 7) is 2.22. The minimum Gasteiger partial charge on any atom is -0.300 e. The zero-order chi connectivity index (χ0) is 15.7. The highest BCUT2D eigenvalue weighted by atomic mass is 16.1. The smallest absolute Gasteiger partial charge is 0.140 e. The Labute approximate surface area is 137 Å². The SMILES string of the molecule is CN1C[C@@H]2C[C@H]3CCC(=O)C4[C@H]3N2C[C@@H]1CC1=C[C@H]4C(=O)CC1. The van der Waals surface area contributed by atoms with Crippen LogP contribution in [0.25, 0.3) is 0 Å². The van der Waals surface area contributed by atoms with Crippen LogP contribution in [-0.4, -0.2) is 59.6 Å². The molecule has 4 heteroatoms. The fourth-order valence-corrected chi connectivity index (χ4v) is 6.22. The van der Waals surface area contributed by atoms with Crippen LogP contribution in [0.2, 0.25) is 0 Å². The van der Waals surface area contributed by atoms with Crippen LogP contribution < -0.4 is 0 Å². The van der Waals surface area contributed by atoms with Gasteiger partial charge in [0, 0.05) is 55.9 Å². The third-order valence-corrected chi connectivity index (χ3v) is 7.32. The second kappa shape index (κ2) is 5.00. The van der Waals surface area contributed by atoms with E-state index >= 15 is 0 Å². The van der Waals surface area contributed by atoms with E-state index in [1.54, 1.807) is 0 Å². The van der Waals surface area contributed by atoms with Gasteiger partial charge in [0.05, 0.1) is 0 Å². The van der Waals surface area contributed by atoms with Crippen molar-refractivity contribution < 1.29 is 9.59 Å². The van der Waals surface area contributed by atoms with Crippen molar-refractivity contribution in [1.82, 2.24) is 9.80 Å². The summed E-state index contributed by atoms with van der Waals surface area (Å²) >= 11 is 0. The van der Waals surface area contributed by atoms with Gasteiger partial charge in [-0.25, -0.2) is 0 Å². The highest BCUT2D eigenvalue weighted by Gasteiger charge is 2.55. The van der Waals surface area contributed by atoms with Crippen molar-refractivity contribution in [1.29, 1.82) is 0 Å². The Morgan fingerprint density at radius 2 is 1.91 bits per heavy atom. The van der Waals surface area contributed by atoms with Crippen LogP contribution in [0, 0.1) is 17.8 Å². The number of nitrogens with zero attached hydrogens (tertiary/aromatic N) is 2. The number of rotatable bonds is 0. The normalized spacial score (nSPS) is 46.9. The Balaban J connectivity index is 1.64. The van der Waals surface area contributed by atoms with E-state index in [0.29, 0.717) is 48.5 Å². The molecule has 0 amide bonds. The predicted molar refractivity (Wildman–Crippen MR) is 87.0 cm³/mol. The maximum Gasteiger partial charge on any atom is 0.140 e. The van der Waals surface area contributed by atoms with Gasteiger partial charge in [0.25, 0.3) is 0 Å². The summed E-state index contributed by atoms with van der Waals surface area (Å²) in [4.78, 5) is 30.6. The molecule has 5 rings (SSSR count). The number of carbonyl (C=O) groups excluding carboxylic acids is 2. The lowest BCUT2D eigenvalue weighted by Gasteiger charge is -2.46. The summed E-state index contributed by atoms with van der Waals surface area (Å²) in [7, 11) is 2.26. The highest BCUT2D eigenvalue weighted by Crippen LogP contribution is 2.48. The molecule has 0 aromatic heterocycles. The number of hydrogen-bond donors (Lipinski definition) is 0. The van der Waals surface area contributed by atoms with Gasteiger partial charge in [-0.3, -0.25) is 14.5 Å². The molecule has 3 heterocycles. The second-order valence-corrected chi connectivity index (χ2v) is 8.48. The summed E-state index contributed by atoms with van der Waals surface area (Å²) in [6.07, 6.45) is 7.83. The number of hydrogen-bond acceptors (Lipinski definition) is 4. The van der Waals surface area contributed by atoms with E-state index in [0.717, 1.165) is 32.4 Å². The van der Waals surface area contributed by atoms with Gasteiger partial charge in [-0.1, -0.05) is 11.6 Å². The lowest BCUT2D eigenvalue weighted by Crippen LogP contribution is -2.59. The number of carbonyl (C=O) groups is 2. The molecule has 0 N–H and O–H groups in total. The number of likely N-dealkylation sites (N-methyl/N-ethyl adjacent to an activating group) is 1. The zero-order valence-electron chi connectivity index (χ0n) is 13.9. The summed E-state index contributed by atoms with van der Waals surface area (Å²) in [6, 6.07) is 1.48. The van der Waals surface area contributed by atoms with Crippen LogP contribution in [0.15, 0.2) is 11.6 Å². The Kier molecular flexibility index (Phi) is 3.12. The molecule has 124 valence electrons. The Morgan fingerprint density at radius 1 is 1.04 bits per heavy atom. The molecule has 0 aromatic carbocycles. The Hall–Kier alpha value is -1.00. The van der Waals surface area contributed by atoms with Crippen molar-refractivity contribution >= 4 is 11.6 Å². The fourth-order valence-electron chi connectivity index (χ4n) is 6.22. The van der Waals surface area contributed by atoms with Crippen LogP contribution in [0.1, 0.15) is 38.5 Å². The lowest BCUT2D eigenvalue weighted by atomic mass is 9.67. The largest absolute Gasteiger partial charge is 0.300 e. The van der Waals surface area contributed by atoms with Crippen LogP contribution in [0.3, 0.4) is 0 Å². The number of fused-ring (bicyclic) bond motifs is 3. The quantitative estimate of drug-likeness (QED) is 0.638. The number of ketones is 2. The third-order valence-electron chi connectivity index (χ3n) is 7.32. The second-order valence-electron chi connectivity index (χ2n) is 8.48. The van der Waals surface area contributed by atoms with Gasteiger partial charge >= 0.3 is 0 Å². The van der Waals surface area contributed by atoms with Crippen molar-refractivity contribution in [3.63, 3.8) is 0 Å². The molecular formula is C19H26N2O2. The predicted octanol–water partition coefficient (Wildman–Crippen LogP) is 1.65. The van der Waals surface area contributed by atoms with E-state index in [1.807, 2.05) is 0 Å². The molecule has 4 nitrogen and oxygen atoms in total. The Morgan fingerprint density at radius 3 is 2.78 bits per heavy atom. The average Bonchev–Trinajstić information content (AvgIpc) is 2.88. The van der Waals surface area contributed by atoms with Crippen molar-refractivity contribution in [2.75, 3.05) is 20.1 Å². The van der Waals surface area contributed by atoms with E-state index in [-0.39, 0.29) is 11.8 Å². The molecule has 1 unspecified atom stereocenters. The molecule has 0 radical (unpaired) electrons. The van der Waals surface area contributed by atoms with E-state index < -0.39 is 0 Å². The monoisotopic (exact) mass is 314 g/mol. The summed E-state index contributed by atoms with van der Waals surface area (Å²) in [5.41, 5.74) is 1.43. The summed E-state index contributed by atoms with van der Waals surface area (Å²) in [5.74, 6) is 1.13. The van der Waals surface area contributed by atoms with Gasteiger partial charge in [-0.05, 0) is 38.6 Å². The van der Waals surface area contributed by atoms with Crippen molar-refractivity contribution in [2.24, 2.45) is 17.8 Å². The molecule has 23 heavy (non-hydrogen) atoms. The highest BCUT2D eigenvalue weighted by molar-refractivity contribution is 5.93. The molecular weight excluding hydrogens is 288 g/mol. The molecule has 6 atom stereocenters. The van der Waals surface area contributed by atoms with Crippen LogP contribution >= 0.6 is 0 Å². The van der Waals surface area contributed by atoms with Crippen LogP contribution in [0.4, 0.5) is 0 Å². The first-order valence-electron chi connectivity index (χ1n) is 9.33. The van der Waals surface area contributed by atoms with Gasteiger partial charge in [0.15, 0.2) is 0 Å². The summed E-state index contributed by atoms with van der Waals surface area (Å²) < 4.78 is 0. The first-order chi connectivity index (χ1) is 11.1. The van der Waals surface area contributed by atoms with Crippen molar-refractivity contribution in [2.45, 2.75) is 56.7 Å². The van der Waals surface area contributed by atoms with Crippen molar-refractivity contribution in [3.05, 3.63) is 11.6 Å². The molecule has 2 saturated heterocycles. The first-order valence-corrected chi connectivity index (χ1v) is 9.33. The molecule has 3 fully saturated rings. The number of allylic oxidation sites excluding steroid dienone is 1. The topological polar surface area (TPSA) is 40.6 Å². The molecule has 0 spiro atoms. The standard InChI is InChI=1S/C19H26N2O2/c1-20-9-14-8-12-3-5-17(23)18-15-7-11(2-4-16(15)22)6-13(20)10-21(14)19(12)18/h7,12-15,18-19H,2-6,8-10H2,1H3/t12-,13+,14+,15+,18?,19+/m1/s1. The maximum atomic E-state index is 12.8. The molecule has 1 saturated carbocycles. The van der Waals surface area contributed by atoms with Crippen LogP contribution in [-0.2, 0) is 9.59 Å². The fraction of sp³-hybridized carbons (Fsp3) is 0.789. The molecule has 4 bridgehead atoms. The molecule has 3 aliphatic heterocycles. The van der Waals surface area contributed by atoms with E-state index in [9.17, 15) is 9.59 Å². The summed E-state index contributed by atoms with van der Waals surface area (Å²) in [5, 5.41) is 0. The minimum absolute atomic E-state index is 0.0521. The zero-order valence-corrected chi connectivity index (χ0v) is 13.9. The van der Waals surface area contributed by atoms with Gasteiger partial charge in [0.1, 0.15) is 11.6 Å². The first kappa shape index (κ1) is 14.4. The Bertz CT molecular complexity index is 598. The third kappa shape index (κ3) is 2.04. The number of piperazine rings is 1. The van der Waals surface area contributed by atoms with Gasteiger partial charge in [0.2, 0.25) is 0 Å². The molecule has 2 aliphatic carbocycles. The molecule has 0 aromatic rings. The van der Waals surface area contributed by atoms with Gasteiger partial charge in [-0.15, -0.1) is 0 Å². The maximum absolute atomic E-state index is 12.8. The van der Waals surface area contributed by atoms with Gasteiger partial charge in [-0.2, -0.15) is 0 Å². The van der Waals surface area contributed by atoms with E-state index in [1.165, 1.54) is 12.0 Å². The van der Waals surface area contributed by atoms with Crippen LogP contribution in [0.5, 0.6) is 0 Å². The van der Waals surface area contributed by atoms with Gasteiger partial charge < -0.3 is 4.90 Å². The average molecular weight is 314 g/mol. The van der Waals surface area contributed by atoms with Crippen molar-refractivity contribution in [3.8, 4) is 0 Å². The van der Waals surface area contributed by atoms with E-state index in [2.05, 4.69) is 22.9 Å². The minimum atomic E-state index is -0.123. The molecule has 5 aliphatic rings. The lowest BCUT2D eigenvalue weighted by molar-refractivity contribution is -0.136. The van der Waals surface area contributed by atoms with E-state index in [4.69, 9.17) is 0 Å². The number of Topliss-reactive ketones (excluding diaryl/α,β-unsaturated/α-hetero) is 2.